The van der Waals surface area contributed by atoms with Gasteiger partial charge in [-0.05, 0) is 19.1 Å². The summed E-state index contributed by atoms with van der Waals surface area (Å²) < 4.78 is 3.63. The highest BCUT2D eigenvalue weighted by molar-refractivity contribution is 9.10. The average molecular weight is 365 g/mol. The fraction of sp³-hybridized carbons (Fsp3) is 0.143. The van der Waals surface area contributed by atoms with Crippen molar-refractivity contribution in [2.24, 2.45) is 0 Å². The maximum absolute atomic E-state index is 12.4. The molecule has 5 nitrogen and oxygen atoms in total. The van der Waals surface area contributed by atoms with Gasteiger partial charge in [0.05, 0.1) is 17.6 Å². The van der Waals surface area contributed by atoms with Crippen LogP contribution in [-0.4, -0.2) is 15.7 Å². The molecule has 2 heterocycles. The van der Waals surface area contributed by atoms with Gasteiger partial charge < -0.3 is 11.1 Å². The van der Waals surface area contributed by atoms with Crippen molar-refractivity contribution >= 4 is 54.6 Å². The minimum atomic E-state index is -0.212. The van der Waals surface area contributed by atoms with Gasteiger partial charge in [-0.2, -0.15) is 5.10 Å². The molecule has 3 aromatic rings. The van der Waals surface area contributed by atoms with Crippen molar-refractivity contribution < 1.29 is 4.79 Å². The van der Waals surface area contributed by atoms with Crippen LogP contribution >= 0.6 is 27.3 Å². The van der Waals surface area contributed by atoms with E-state index in [1.165, 1.54) is 11.3 Å². The molecule has 21 heavy (non-hydrogen) atoms. The van der Waals surface area contributed by atoms with Gasteiger partial charge in [-0.1, -0.05) is 22.0 Å². The smallest absolute Gasteiger partial charge is 0.267 e. The molecular formula is C14H13BrN4OS. The molecule has 0 aliphatic heterocycles. The van der Waals surface area contributed by atoms with Crippen LogP contribution in [0, 0.1) is 0 Å². The van der Waals surface area contributed by atoms with E-state index in [1.807, 2.05) is 25.1 Å². The number of hydrogen-bond donors (Lipinski definition) is 2. The quantitative estimate of drug-likeness (QED) is 0.743. The number of amides is 1. The number of aromatic nitrogens is 2. The highest BCUT2D eigenvalue weighted by Crippen LogP contribution is 2.38. The monoisotopic (exact) mass is 364 g/mol. The molecule has 3 N–H and O–H groups in total. The van der Waals surface area contributed by atoms with Crippen LogP contribution in [0.15, 0.2) is 35.1 Å². The standard InChI is InChI=1S/C14H13BrN4OS/c1-2-19-7-8(6-17-19)18-14(20)13-12(16)11-9(15)4-3-5-10(11)21-13/h3-7H,2,16H2,1H3,(H,18,20). The summed E-state index contributed by atoms with van der Waals surface area (Å²) in [5, 5.41) is 7.84. The number of rotatable bonds is 3. The van der Waals surface area contributed by atoms with Crippen molar-refractivity contribution in [1.29, 1.82) is 0 Å². The summed E-state index contributed by atoms with van der Waals surface area (Å²) in [6.45, 7) is 2.74. The molecule has 3 rings (SSSR count). The van der Waals surface area contributed by atoms with Crippen LogP contribution in [0.5, 0.6) is 0 Å². The molecular weight excluding hydrogens is 352 g/mol. The lowest BCUT2D eigenvalue weighted by Gasteiger charge is -2.01. The summed E-state index contributed by atoms with van der Waals surface area (Å²) in [6, 6.07) is 5.79. The zero-order chi connectivity index (χ0) is 15.0. The summed E-state index contributed by atoms with van der Waals surface area (Å²) in [5.74, 6) is -0.212. The number of nitrogens with zero attached hydrogens (tertiary/aromatic N) is 2. The number of carbonyl (C=O) groups excluding carboxylic acids is 1. The zero-order valence-electron chi connectivity index (χ0n) is 11.3. The molecule has 1 aromatic carbocycles. The number of nitrogen functional groups attached to an aromatic ring is 1. The molecule has 0 radical (unpaired) electrons. The van der Waals surface area contributed by atoms with Crippen molar-refractivity contribution in [2.75, 3.05) is 11.1 Å². The maximum atomic E-state index is 12.4. The number of fused-ring (bicyclic) bond motifs is 1. The van der Waals surface area contributed by atoms with Crippen molar-refractivity contribution in [3.05, 3.63) is 39.9 Å². The third kappa shape index (κ3) is 2.54. The van der Waals surface area contributed by atoms with Crippen LogP contribution < -0.4 is 11.1 Å². The predicted molar refractivity (Wildman–Crippen MR) is 89.8 cm³/mol. The number of benzene rings is 1. The number of carbonyl (C=O) groups is 1. The summed E-state index contributed by atoms with van der Waals surface area (Å²) in [6.07, 6.45) is 3.41. The van der Waals surface area contributed by atoms with Crippen LogP contribution in [0.25, 0.3) is 10.1 Å². The van der Waals surface area contributed by atoms with Gasteiger partial charge in [0, 0.05) is 27.3 Å². The molecule has 0 fully saturated rings. The summed E-state index contributed by atoms with van der Waals surface area (Å²) >= 11 is 4.85. The second-order valence-electron chi connectivity index (χ2n) is 4.50. The molecule has 0 spiro atoms. The van der Waals surface area contributed by atoms with Gasteiger partial charge in [-0.25, -0.2) is 0 Å². The first-order valence-electron chi connectivity index (χ1n) is 6.40. The molecule has 0 bridgehead atoms. The Labute approximate surface area is 133 Å². The largest absolute Gasteiger partial charge is 0.397 e. The number of anilines is 2. The van der Waals surface area contributed by atoms with E-state index in [1.54, 1.807) is 17.1 Å². The fourth-order valence-corrected chi connectivity index (χ4v) is 3.84. The molecule has 0 unspecified atom stereocenters. The molecule has 0 saturated carbocycles. The zero-order valence-corrected chi connectivity index (χ0v) is 13.7. The predicted octanol–water partition coefficient (Wildman–Crippen LogP) is 3.71. The molecule has 0 atom stereocenters. The molecule has 108 valence electrons. The van der Waals surface area contributed by atoms with Crippen LogP contribution in [0.4, 0.5) is 11.4 Å². The van der Waals surface area contributed by atoms with Crippen LogP contribution in [0.2, 0.25) is 0 Å². The minimum Gasteiger partial charge on any atom is -0.397 e. The SMILES string of the molecule is CCn1cc(NC(=O)c2sc3cccc(Br)c3c2N)cn1. The Morgan fingerprint density at radius 3 is 3.00 bits per heavy atom. The molecule has 1 amide bonds. The van der Waals surface area contributed by atoms with E-state index >= 15 is 0 Å². The average Bonchev–Trinajstić information content (AvgIpc) is 3.04. The first kappa shape index (κ1) is 14.1. The number of halogens is 1. The van der Waals surface area contributed by atoms with Crippen LogP contribution in [0.3, 0.4) is 0 Å². The number of hydrogen-bond acceptors (Lipinski definition) is 4. The van der Waals surface area contributed by atoms with Gasteiger partial charge in [0.15, 0.2) is 0 Å². The van der Waals surface area contributed by atoms with Crippen molar-refractivity contribution in [3.63, 3.8) is 0 Å². The van der Waals surface area contributed by atoms with E-state index in [4.69, 9.17) is 5.73 Å². The van der Waals surface area contributed by atoms with Crippen molar-refractivity contribution in [2.45, 2.75) is 13.5 Å². The van der Waals surface area contributed by atoms with Crippen molar-refractivity contribution in [1.82, 2.24) is 9.78 Å². The number of thiophene rings is 1. The number of nitrogens with two attached hydrogens (primary N) is 1. The van der Waals surface area contributed by atoms with Gasteiger partial charge in [-0.3, -0.25) is 9.48 Å². The van der Waals surface area contributed by atoms with Crippen molar-refractivity contribution in [3.8, 4) is 0 Å². The maximum Gasteiger partial charge on any atom is 0.267 e. The normalized spacial score (nSPS) is 11.0. The Kier molecular flexibility index (Phi) is 3.69. The molecule has 7 heteroatoms. The van der Waals surface area contributed by atoms with Gasteiger partial charge in [0.25, 0.3) is 5.91 Å². The van der Waals surface area contributed by atoms with E-state index in [9.17, 15) is 4.79 Å². The van der Waals surface area contributed by atoms with E-state index in [0.29, 0.717) is 16.3 Å². The Morgan fingerprint density at radius 2 is 2.33 bits per heavy atom. The van der Waals surface area contributed by atoms with Gasteiger partial charge >= 0.3 is 0 Å². The first-order valence-corrected chi connectivity index (χ1v) is 8.01. The second kappa shape index (κ2) is 5.50. The number of aryl methyl sites for hydroxylation is 1. The Bertz CT molecular complexity index is 824. The molecule has 0 aliphatic rings. The lowest BCUT2D eigenvalue weighted by atomic mass is 10.2. The summed E-state index contributed by atoms with van der Waals surface area (Å²) in [4.78, 5) is 12.9. The molecule has 0 aliphatic carbocycles. The van der Waals surface area contributed by atoms with E-state index in [0.717, 1.165) is 21.1 Å². The fourth-order valence-electron chi connectivity index (χ4n) is 2.09. The molecule has 2 aromatic heterocycles. The second-order valence-corrected chi connectivity index (χ2v) is 6.40. The highest BCUT2D eigenvalue weighted by Gasteiger charge is 2.18. The lowest BCUT2D eigenvalue weighted by Crippen LogP contribution is -2.11. The van der Waals surface area contributed by atoms with E-state index in [2.05, 4.69) is 26.3 Å². The Balaban J connectivity index is 1.94. The third-order valence-electron chi connectivity index (χ3n) is 3.12. The van der Waals surface area contributed by atoms with Crippen LogP contribution in [0.1, 0.15) is 16.6 Å². The van der Waals surface area contributed by atoms with E-state index in [-0.39, 0.29) is 5.91 Å². The number of nitrogens with one attached hydrogen (secondary N) is 1. The highest BCUT2D eigenvalue weighted by atomic mass is 79.9. The lowest BCUT2D eigenvalue weighted by molar-refractivity contribution is 0.103. The summed E-state index contributed by atoms with van der Waals surface area (Å²) in [5.41, 5.74) is 7.29. The van der Waals surface area contributed by atoms with Gasteiger partial charge in [0.1, 0.15) is 4.88 Å². The third-order valence-corrected chi connectivity index (χ3v) is 4.95. The Morgan fingerprint density at radius 1 is 1.52 bits per heavy atom. The Hall–Kier alpha value is -1.86. The van der Waals surface area contributed by atoms with Gasteiger partial charge in [-0.15, -0.1) is 11.3 Å². The van der Waals surface area contributed by atoms with Gasteiger partial charge in [0.2, 0.25) is 0 Å². The first-order chi connectivity index (χ1) is 10.1. The minimum absolute atomic E-state index is 0.212. The van der Waals surface area contributed by atoms with E-state index < -0.39 is 0 Å². The van der Waals surface area contributed by atoms with Crippen LogP contribution in [-0.2, 0) is 6.54 Å². The summed E-state index contributed by atoms with van der Waals surface area (Å²) in [7, 11) is 0. The topological polar surface area (TPSA) is 72.9 Å². The molecule has 0 saturated heterocycles.